The molecule has 0 atom stereocenters. The fraction of sp³-hybridized carbons (Fsp3) is 0.409. The maximum Gasteiger partial charge on any atom is 0.241 e. The highest BCUT2D eigenvalue weighted by Gasteiger charge is 2.23. The van der Waals surface area contributed by atoms with Gasteiger partial charge in [0.25, 0.3) is 0 Å². The summed E-state index contributed by atoms with van der Waals surface area (Å²) in [5, 5.41) is 2.64. The summed E-state index contributed by atoms with van der Waals surface area (Å²) in [6, 6.07) is 9.63. The van der Waals surface area contributed by atoms with Gasteiger partial charge in [-0.25, -0.2) is 17.5 Å². The Labute approximate surface area is 172 Å². The third-order valence-electron chi connectivity index (χ3n) is 4.59. The molecule has 0 aliphatic heterocycles. The van der Waals surface area contributed by atoms with Crippen LogP contribution in [0.3, 0.4) is 0 Å². The van der Waals surface area contributed by atoms with E-state index in [0.29, 0.717) is 16.7 Å². The third-order valence-corrected chi connectivity index (χ3v) is 6.35. The number of rotatable bonds is 7. The van der Waals surface area contributed by atoms with Gasteiger partial charge in [-0.3, -0.25) is 4.79 Å². The number of hydrogen-bond acceptors (Lipinski definition) is 3. The van der Waals surface area contributed by atoms with Crippen molar-refractivity contribution < 1.29 is 17.6 Å². The van der Waals surface area contributed by atoms with E-state index in [9.17, 15) is 17.6 Å². The van der Waals surface area contributed by atoms with Gasteiger partial charge >= 0.3 is 0 Å². The van der Waals surface area contributed by atoms with E-state index in [4.69, 9.17) is 0 Å². The molecule has 7 heteroatoms. The maximum absolute atomic E-state index is 13.2. The number of carbonyl (C=O) groups excluding carboxylic acids is 1. The van der Waals surface area contributed by atoms with E-state index in [0.717, 1.165) is 5.56 Å². The van der Waals surface area contributed by atoms with Crippen LogP contribution in [0, 0.1) is 19.7 Å². The first-order valence-corrected chi connectivity index (χ1v) is 11.0. The summed E-state index contributed by atoms with van der Waals surface area (Å²) >= 11 is 0. The average Bonchev–Trinajstić information content (AvgIpc) is 2.57. The minimum Gasteiger partial charge on any atom is -0.355 e. The van der Waals surface area contributed by atoms with Gasteiger partial charge in [0.05, 0.1) is 11.3 Å². The maximum atomic E-state index is 13.2. The lowest BCUT2D eigenvalue weighted by Gasteiger charge is -2.22. The van der Waals surface area contributed by atoms with Gasteiger partial charge in [-0.15, -0.1) is 0 Å². The summed E-state index contributed by atoms with van der Waals surface area (Å²) in [5.74, 6) is -0.692. The smallest absolute Gasteiger partial charge is 0.241 e. The van der Waals surface area contributed by atoms with E-state index >= 15 is 0 Å². The first-order valence-electron chi connectivity index (χ1n) is 9.52. The molecule has 2 rings (SSSR count). The number of hydrogen-bond donors (Lipinski definition) is 2. The molecule has 5 nitrogen and oxygen atoms in total. The van der Waals surface area contributed by atoms with Crippen LogP contribution in [0.1, 0.15) is 43.0 Å². The van der Waals surface area contributed by atoms with Crippen LogP contribution in [0.5, 0.6) is 0 Å². The van der Waals surface area contributed by atoms with Gasteiger partial charge in [0.15, 0.2) is 0 Å². The monoisotopic (exact) mass is 420 g/mol. The van der Waals surface area contributed by atoms with Gasteiger partial charge in [-0.05, 0) is 53.6 Å². The Kier molecular flexibility index (Phi) is 7.19. The lowest BCUT2D eigenvalue weighted by molar-refractivity contribution is -0.120. The van der Waals surface area contributed by atoms with E-state index in [1.165, 1.54) is 12.1 Å². The van der Waals surface area contributed by atoms with Gasteiger partial charge in [0.1, 0.15) is 5.82 Å². The van der Waals surface area contributed by atoms with Crippen LogP contribution in [0.15, 0.2) is 41.3 Å². The van der Waals surface area contributed by atoms with Gasteiger partial charge in [0, 0.05) is 13.1 Å². The second kappa shape index (κ2) is 9.05. The van der Waals surface area contributed by atoms with Crippen molar-refractivity contribution in [3.8, 4) is 0 Å². The molecule has 0 heterocycles. The Balaban J connectivity index is 1.96. The van der Waals surface area contributed by atoms with E-state index < -0.39 is 15.8 Å². The quantitative estimate of drug-likeness (QED) is 0.675. The number of sulfonamides is 1. The van der Waals surface area contributed by atoms with Crippen molar-refractivity contribution in [2.75, 3.05) is 13.1 Å². The summed E-state index contributed by atoms with van der Waals surface area (Å²) in [7, 11) is -3.70. The lowest BCUT2D eigenvalue weighted by atomic mass is 9.85. The Hall–Kier alpha value is -2.25. The zero-order chi connectivity index (χ0) is 21.8. The predicted octanol–water partition coefficient (Wildman–Crippen LogP) is 3.38. The van der Waals surface area contributed by atoms with Gasteiger partial charge in [0.2, 0.25) is 15.9 Å². The number of halogens is 1. The molecule has 0 radical (unpaired) electrons. The second-order valence-corrected chi connectivity index (χ2v) is 9.95. The number of carbonyl (C=O) groups is 1. The fourth-order valence-corrected chi connectivity index (χ4v) is 4.64. The van der Waals surface area contributed by atoms with Crippen molar-refractivity contribution in [2.45, 2.75) is 51.3 Å². The standard InChI is InChI=1S/C22H29FN2O3S/c1-15-11-18(22(3,4)5)12-16(2)21(15)29(27,28)25-10-9-24-20(26)14-17-7-6-8-19(23)13-17/h6-8,11-13,25H,9-10,14H2,1-5H3,(H,24,26). The largest absolute Gasteiger partial charge is 0.355 e. The molecule has 2 N–H and O–H groups in total. The second-order valence-electron chi connectivity index (χ2n) is 8.24. The average molecular weight is 421 g/mol. The molecule has 2 aromatic rings. The summed E-state index contributed by atoms with van der Waals surface area (Å²) in [5.41, 5.74) is 2.96. The number of amides is 1. The SMILES string of the molecule is Cc1cc(C(C)(C)C)cc(C)c1S(=O)(=O)NCCNC(=O)Cc1cccc(F)c1. The summed E-state index contributed by atoms with van der Waals surface area (Å²) in [6.45, 7) is 10.0. The van der Waals surface area contributed by atoms with Gasteiger partial charge in [-0.2, -0.15) is 0 Å². The number of aryl methyl sites for hydroxylation is 2. The Morgan fingerprint density at radius 2 is 1.66 bits per heavy atom. The molecule has 0 aromatic heterocycles. The number of nitrogens with one attached hydrogen (secondary N) is 2. The highest BCUT2D eigenvalue weighted by Crippen LogP contribution is 2.29. The number of benzene rings is 2. The van der Waals surface area contributed by atoms with Crippen molar-refractivity contribution in [1.82, 2.24) is 10.0 Å². The van der Waals surface area contributed by atoms with Crippen LogP contribution in [-0.2, 0) is 26.7 Å². The summed E-state index contributed by atoms with van der Waals surface area (Å²) in [4.78, 5) is 12.2. The first-order chi connectivity index (χ1) is 13.4. The minimum atomic E-state index is -3.70. The van der Waals surface area contributed by atoms with Crippen molar-refractivity contribution in [3.05, 3.63) is 64.5 Å². The molecule has 29 heavy (non-hydrogen) atoms. The molecule has 0 unspecified atom stereocenters. The zero-order valence-electron chi connectivity index (χ0n) is 17.6. The van der Waals surface area contributed by atoms with Crippen molar-refractivity contribution in [2.24, 2.45) is 0 Å². The normalized spacial score (nSPS) is 12.1. The molecule has 0 spiro atoms. The summed E-state index contributed by atoms with van der Waals surface area (Å²) in [6.07, 6.45) is 0.0387. The Bertz CT molecular complexity index is 972. The van der Waals surface area contributed by atoms with Crippen LogP contribution in [0.25, 0.3) is 0 Å². The highest BCUT2D eigenvalue weighted by atomic mass is 32.2. The molecular weight excluding hydrogens is 391 g/mol. The molecule has 1 amide bonds. The van der Waals surface area contributed by atoms with Gasteiger partial charge < -0.3 is 5.32 Å². The Morgan fingerprint density at radius 3 is 2.21 bits per heavy atom. The topological polar surface area (TPSA) is 75.3 Å². The molecular formula is C22H29FN2O3S. The molecule has 0 aliphatic rings. The lowest BCUT2D eigenvalue weighted by Crippen LogP contribution is -2.35. The van der Waals surface area contributed by atoms with Crippen LogP contribution in [-0.4, -0.2) is 27.4 Å². The fourth-order valence-electron chi connectivity index (χ4n) is 3.16. The van der Waals surface area contributed by atoms with Crippen LogP contribution >= 0.6 is 0 Å². The van der Waals surface area contributed by atoms with Crippen LogP contribution in [0.2, 0.25) is 0 Å². The van der Waals surface area contributed by atoms with Crippen molar-refractivity contribution in [1.29, 1.82) is 0 Å². The highest BCUT2D eigenvalue weighted by molar-refractivity contribution is 7.89. The predicted molar refractivity (Wildman–Crippen MR) is 113 cm³/mol. The molecule has 0 saturated heterocycles. The molecule has 158 valence electrons. The van der Waals surface area contributed by atoms with E-state index in [-0.39, 0.29) is 35.7 Å². The zero-order valence-corrected chi connectivity index (χ0v) is 18.4. The molecule has 0 fully saturated rings. The first kappa shape index (κ1) is 23.0. The van der Waals surface area contributed by atoms with Crippen LogP contribution < -0.4 is 10.0 Å². The van der Waals surface area contributed by atoms with E-state index in [1.54, 1.807) is 26.0 Å². The molecule has 2 aromatic carbocycles. The molecule has 0 saturated carbocycles. The van der Waals surface area contributed by atoms with E-state index in [1.807, 2.05) is 12.1 Å². The minimum absolute atomic E-state index is 0.0387. The third kappa shape index (κ3) is 6.37. The van der Waals surface area contributed by atoms with Crippen molar-refractivity contribution >= 4 is 15.9 Å². The van der Waals surface area contributed by atoms with E-state index in [2.05, 4.69) is 30.8 Å². The van der Waals surface area contributed by atoms with Crippen LogP contribution in [0.4, 0.5) is 4.39 Å². The summed E-state index contributed by atoms with van der Waals surface area (Å²) < 4.78 is 41.2. The van der Waals surface area contributed by atoms with Crippen molar-refractivity contribution in [3.63, 3.8) is 0 Å². The molecule has 0 aliphatic carbocycles. The Morgan fingerprint density at radius 1 is 1.03 bits per heavy atom. The van der Waals surface area contributed by atoms with Gasteiger partial charge in [-0.1, -0.05) is 45.0 Å². The molecule has 0 bridgehead atoms.